The van der Waals surface area contributed by atoms with Crippen LogP contribution >= 0.6 is 23.4 Å². The van der Waals surface area contributed by atoms with E-state index in [9.17, 15) is 4.79 Å². The summed E-state index contributed by atoms with van der Waals surface area (Å²) in [5.74, 6) is 0.0239. The van der Waals surface area contributed by atoms with Crippen molar-refractivity contribution in [3.8, 4) is 0 Å². The zero-order chi connectivity index (χ0) is 12.3. The number of carboxylic acids is 1. The number of benzene rings is 1. The van der Waals surface area contributed by atoms with E-state index in [2.05, 4.69) is 14.7 Å². The van der Waals surface area contributed by atoms with Gasteiger partial charge in [0, 0.05) is 4.90 Å². The molecule has 5 nitrogen and oxygen atoms in total. The zero-order valence-electron chi connectivity index (χ0n) is 8.46. The standard InChI is InChI=1S/C10H7ClN2O3S/c11-8-2-1-6(3-7(8)10(14)15)17-4-9-12-5-16-13-9/h1-3,5H,4H2,(H,14,15). The Morgan fingerprint density at radius 1 is 1.53 bits per heavy atom. The number of halogens is 1. The lowest BCUT2D eigenvalue weighted by molar-refractivity contribution is 0.0697. The summed E-state index contributed by atoms with van der Waals surface area (Å²) >= 11 is 7.17. The van der Waals surface area contributed by atoms with Crippen LogP contribution < -0.4 is 0 Å². The molecule has 0 bridgehead atoms. The van der Waals surface area contributed by atoms with Crippen LogP contribution in [0.4, 0.5) is 0 Å². The molecule has 1 N–H and O–H groups in total. The SMILES string of the molecule is O=C(O)c1cc(SCc2ncon2)ccc1Cl. The molecule has 2 aromatic rings. The topological polar surface area (TPSA) is 76.2 Å². The number of rotatable bonds is 4. The Morgan fingerprint density at radius 3 is 3.00 bits per heavy atom. The average molecular weight is 271 g/mol. The van der Waals surface area contributed by atoms with Gasteiger partial charge in [-0.25, -0.2) is 4.79 Å². The molecule has 0 amide bonds. The summed E-state index contributed by atoms with van der Waals surface area (Å²) in [6.07, 6.45) is 1.25. The predicted octanol–water partition coefficient (Wildman–Crippen LogP) is 2.71. The summed E-state index contributed by atoms with van der Waals surface area (Å²) in [6.45, 7) is 0. The first-order valence-electron chi connectivity index (χ1n) is 4.57. The first-order valence-corrected chi connectivity index (χ1v) is 5.94. The summed E-state index contributed by atoms with van der Waals surface area (Å²) < 4.78 is 4.59. The lowest BCUT2D eigenvalue weighted by Crippen LogP contribution is -1.97. The molecule has 1 aromatic carbocycles. The fraction of sp³-hybridized carbons (Fsp3) is 0.100. The molecule has 0 atom stereocenters. The molecular weight excluding hydrogens is 264 g/mol. The molecule has 0 aliphatic carbocycles. The predicted molar refractivity (Wildman–Crippen MR) is 62.3 cm³/mol. The maximum absolute atomic E-state index is 10.9. The van der Waals surface area contributed by atoms with E-state index in [4.69, 9.17) is 16.7 Å². The molecule has 0 saturated carbocycles. The molecule has 1 aromatic heterocycles. The van der Waals surface area contributed by atoms with E-state index in [1.165, 1.54) is 24.2 Å². The molecule has 0 aliphatic heterocycles. The van der Waals surface area contributed by atoms with Gasteiger partial charge in [-0.3, -0.25) is 0 Å². The molecule has 1 heterocycles. The van der Waals surface area contributed by atoms with Gasteiger partial charge in [-0.2, -0.15) is 4.98 Å². The van der Waals surface area contributed by atoms with Gasteiger partial charge in [0.05, 0.1) is 16.3 Å². The fourth-order valence-electron chi connectivity index (χ4n) is 1.16. The minimum atomic E-state index is -1.04. The van der Waals surface area contributed by atoms with E-state index in [0.29, 0.717) is 11.6 Å². The number of hydrogen-bond acceptors (Lipinski definition) is 5. The maximum atomic E-state index is 10.9. The van der Waals surface area contributed by atoms with Crippen LogP contribution in [-0.4, -0.2) is 21.2 Å². The highest BCUT2D eigenvalue weighted by atomic mass is 35.5. The molecule has 17 heavy (non-hydrogen) atoms. The van der Waals surface area contributed by atoms with E-state index in [1.54, 1.807) is 12.1 Å². The third-order valence-corrected chi connectivity index (χ3v) is 3.26. The van der Waals surface area contributed by atoms with Crippen molar-refractivity contribution in [3.05, 3.63) is 41.0 Å². The van der Waals surface area contributed by atoms with Crippen LogP contribution in [0, 0.1) is 0 Å². The minimum absolute atomic E-state index is 0.0878. The summed E-state index contributed by atoms with van der Waals surface area (Å²) in [7, 11) is 0. The molecule has 0 spiro atoms. The average Bonchev–Trinajstić information content (AvgIpc) is 2.80. The number of aromatic nitrogens is 2. The van der Waals surface area contributed by atoms with Gasteiger partial charge in [0.15, 0.2) is 5.82 Å². The third-order valence-electron chi connectivity index (χ3n) is 1.94. The van der Waals surface area contributed by atoms with Crippen molar-refractivity contribution in [2.24, 2.45) is 0 Å². The molecule has 0 aliphatic rings. The quantitative estimate of drug-likeness (QED) is 0.861. The molecule has 0 radical (unpaired) electrons. The van der Waals surface area contributed by atoms with Gasteiger partial charge in [0.2, 0.25) is 6.39 Å². The first-order chi connectivity index (χ1) is 8.16. The largest absolute Gasteiger partial charge is 0.478 e. The Bertz CT molecular complexity index is 530. The molecule has 7 heteroatoms. The second-order valence-electron chi connectivity index (χ2n) is 3.08. The highest BCUT2D eigenvalue weighted by Gasteiger charge is 2.10. The Morgan fingerprint density at radius 2 is 2.35 bits per heavy atom. The van der Waals surface area contributed by atoms with Gasteiger partial charge in [-0.05, 0) is 18.2 Å². The molecule has 0 saturated heterocycles. The van der Waals surface area contributed by atoms with Crippen molar-refractivity contribution in [2.45, 2.75) is 10.6 Å². The van der Waals surface area contributed by atoms with E-state index in [0.717, 1.165) is 4.90 Å². The summed E-state index contributed by atoms with van der Waals surface area (Å²) in [6, 6.07) is 4.83. The monoisotopic (exact) mass is 270 g/mol. The van der Waals surface area contributed by atoms with Crippen molar-refractivity contribution < 1.29 is 14.4 Å². The number of carbonyl (C=O) groups is 1. The van der Waals surface area contributed by atoms with E-state index < -0.39 is 5.97 Å². The van der Waals surface area contributed by atoms with Crippen molar-refractivity contribution in [1.82, 2.24) is 10.1 Å². The number of hydrogen-bond donors (Lipinski definition) is 1. The summed E-state index contributed by atoms with van der Waals surface area (Å²) in [5.41, 5.74) is 0.0878. The van der Waals surface area contributed by atoms with Crippen molar-refractivity contribution in [1.29, 1.82) is 0 Å². The third kappa shape index (κ3) is 2.98. The fourth-order valence-corrected chi connectivity index (χ4v) is 2.15. The molecule has 0 unspecified atom stereocenters. The van der Waals surface area contributed by atoms with Gasteiger partial charge in [0.1, 0.15) is 0 Å². The van der Waals surface area contributed by atoms with E-state index in [-0.39, 0.29) is 10.6 Å². The van der Waals surface area contributed by atoms with Gasteiger partial charge in [-0.1, -0.05) is 16.8 Å². The lowest BCUT2D eigenvalue weighted by atomic mass is 10.2. The smallest absolute Gasteiger partial charge is 0.337 e. The van der Waals surface area contributed by atoms with Gasteiger partial charge in [0.25, 0.3) is 0 Å². The molecule has 88 valence electrons. The molecule has 0 fully saturated rings. The maximum Gasteiger partial charge on any atom is 0.337 e. The Kier molecular flexibility index (Phi) is 3.65. The lowest BCUT2D eigenvalue weighted by Gasteiger charge is -2.02. The number of thioether (sulfide) groups is 1. The summed E-state index contributed by atoms with van der Waals surface area (Å²) in [4.78, 5) is 15.5. The Hall–Kier alpha value is -1.53. The minimum Gasteiger partial charge on any atom is -0.478 e. The molecule has 2 rings (SSSR count). The van der Waals surface area contributed by atoms with Gasteiger partial charge in [-0.15, -0.1) is 11.8 Å². The van der Waals surface area contributed by atoms with E-state index in [1.807, 2.05) is 0 Å². The number of aromatic carboxylic acids is 1. The number of nitrogens with zero attached hydrogens (tertiary/aromatic N) is 2. The van der Waals surface area contributed by atoms with Gasteiger partial charge < -0.3 is 9.63 Å². The van der Waals surface area contributed by atoms with Crippen LogP contribution in [0.5, 0.6) is 0 Å². The second-order valence-corrected chi connectivity index (χ2v) is 4.54. The Balaban J connectivity index is 2.11. The van der Waals surface area contributed by atoms with E-state index >= 15 is 0 Å². The van der Waals surface area contributed by atoms with Crippen molar-refractivity contribution in [3.63, 3.8) is 0 Å². The van der Waals surface area contributed by atoms with Crippen LogP contribution in [0.15, 0.2) is 34.0 Å². The van der Waals surface area contributed by atoms with Crippen molar-refractivity contribution >= 4 is 29.3 Å². The summed E-state index contributed by atoms with van der Waals surface area (Å²) in [5, 5.41) is 12.8. The van der Waals surface area contributed by atoms with Crippen LogP contribution in [0.25, 0.3) is 0 Å². The normalized spacial score (nSPS) is 10.4. The van der Waals surface area contributed by atoms with Crippen LogP contribution in [0.2, 0.25) is 5.02 Å². The molecular formula is C10H7ClN2O3S. The van der Waals surface area contributed by atoms with Crippen LogP contribution in [0.3, 0.4) is 0 Å². The Labute approximate surface area is 106 Å². The van der Waals surface area contributed by atoms with Crippen molar-refractivity contribution in [2.75, 3.05) is 0 Å². The highest BCUT2D eigenvalue weighted by Crippen LogP contribution is 2.26. The second kappa shape index (κ2) is 5.20. The first kappa shape index (κ1) is 11.9. The van der Waals surface area contributed by atoms with Crippen LogP contribution in [0.1, 0.15) is 16.2 Å². The zero-order valence-corrected chi connectivity index (χ0v) is 10.0. The van der Waals surface area contributed by atoms with Crippen LogP contribution in [-0.2, 0) is 5.75 Å². The van der Waals surface area contributed by atoms with Gasteiger partial charge >= 0.3 is 5.97 Å². The number of carboxylic acid groups (broad SMARTS) is 1. The highest BCUT2D eigenvalue weighted by molar-refractivity contribution is 7.98.